The van der Waals surface area contributed by atoms with E-state index in [1.54, 1.807) is 27.0 Å². The van der Waals surface area contributed by atoms with Gasteiger partial charge in [-0.05, 0) is 25.5 Å². The highest BCUT2D eigenvalue weighted by Gasteiger charge is 2.35. The van der Waals surface area contributed by atoms with Gasteiger partial charge in [-0.2, -0.15) is 0 Å². The maximum Gasteiger partial charge on any atom is 0.235 e. The number of oxime groups is 1. The second kappa shape index (κ2) is 5.93. The molecular formula is C13H18ClN3O2. The average Bonchev–Trinajstić information content (AvgIpc) is 2.39. The molecule has 0 radical (unpaired) electrons. The first-order valence-corrected chi connectivity index (χ1v) is 6.15. The highest BCUT2D eigenvalue weighted by atomic mass is 35.5. The quantitative estimate of drug-likeness (QED) is 0.384. The Labute approximate surface area is 117 Å². The van der Waals surface area contributed by atoms with E-state index in [9.17, 15) is 4.79 Å². The van der Waals surface area contributed by atoms with E-state index in [4.69, 9.17) is 22.5 Å². The Balaban J connectivity index is 2.87. The summed E-state index contributed by atoms with van der Waals surface area (Å²) in [6.45, 7) is 3.57. The third-order valence-corrected chi connectivity index (χ3v) is 3.36. The van der Waals surface area contributed by atoms with Crippen molar-refractivity contribution >= 4 is 23.3 Å². The molecule has 0 saturated carbocycles. The molecule has 19 heavy (non-hydrogen) atoms. The highest BCUT2D eigenvalue weighted by molar-refractivity contribution is 6.31. The molecule has 5 nitrogen and oxygen atoms in total. The molecule has 0 aliphatic heterocycles. The minimum absolute atomic E-state index is 0.122. The zero-order chi connectivity index (χ0) is 14.6. The number of nitrogens with zero attached hydrogens (tertiary/aromatic N) is 2. The molecule has 0 aliphatic carbocycles. The third-order valence-electron chi connectivity index (χ3n) is 2.99. The molecule has 0 aromatic heterocycles. The summed E-state index contributed by atoms with van der Waals surface area (Å²) < 4.78 is 0. The minimum atomic E-state index is -1.06. The maximum absolute atomic E-state index is 12.3. The molecule has 0 atom stereocenters. The Hall–Kier alpha value is -1.75. The lowest BCUT2D eigenvalue weighted by molar-refractivity contribution is -0.136. The molecule has 104 valence electrons. The molecule has 1 amide bonds. The van der Waals surface area contributed by atoms with Crippen LogP contribution in [0.25, 0.3) is 0 Å². The van der Waals surface area contributed by atoms with E-state index in [0.717, 1.165) is 5.56 Å². The van der Waals surface area contributed by atoms with E-state index in [1.807, 2.05) is 18.2 Å². The van der Waals surface area contributed by atoms with E-state index in [0.29, 0.717) is 11.6 Å². The van der Waals surface area contributed by atoms with Crippen LogP contribution in [-0.4, -0.2) is 28.9 Å². The van der Waals surface area contributed by atoms with Crippen molar-refractivity contribution in [3.8, 4) is 0 Å². The predicted molar refractivity (Wildman–Crippen MR) is 75.1 cm³/mol. The number of nitrogens with two attached hydrogens (primary N) is 1. The Morgan fingerprint density at radius 2 is 2.05 bits per heavy atom. The fourth-order valence-corrected chi connectivity index (χ4v) is 1.86. The van der Waals surface area contributed by atoms with Gasteiger partial charge in [0.05, 0.1) is 0 Å². The minimum Gasteiger partial charge on any atom is -0.409 e. The van der Waals surface area contributed by atoms with E-state index in [-0.39, 0.29) is 11.7 Å². The van der Waals surface area contributed by atoms with Gasteiger partial charge < -0.3 is 15.8 Å². The van der Waals surface area contributed by atoms with Crippen molar-refractivity contribution in [3.63, 3.8) is 0 Å². The van der Waals surface area contributed by atoms with Crippen LogP contribution in [0.1, 0.15) is 19.4 Å². The fourth-order valence-electron chi connectivity index (χ4n) is 1.67. The molecule has 0 unspecified atom stereocenters. The number of amidine groups is 1. The first kappa shape index (κ1) is 15.3. The molecule has 1 rings (SSSR count). The Morgan fingerprint density at radius 1 is 1.47 bits per heavy atom. The van der Waals surface area contributed by atoms with Crippen molar-refractivity contribution < 1.29 is 10.0 Å². The number of amides is 1. The average molecular weight is 284 g/mol. The second-order valence-electron chi connectivity index (χ2n) is 4.86. The van der Waals surface area contributed by atoms with Crippen LogP contribution >= 0.6 is 11.6 Å². The molecule has 0 aliphatic rings. The van der Waals surface area contributed by atoms with Crippen molar-refractivity contribution in [2.24, 2.45) is 16.3 Å². The summed E-state index contributed by atoms with van der Waals surface area (Å²) in [6, 6.07) is 7.30. The maximum atomic E-state index is 12.3. The Morgan fingerprint density at radius 3 is 2.58 bits per heavy atom. The molecular weight excluding hydrogens is 266 g/mol. The number of carbonyl (C=O) groups is 1. The topological polar surface area (TPSA) is 78.9 Å². The first-order valence-electron chi connectivity index (χ1n) is 5.77. The van der Waals surface area contributed by atoms with E-state index in [2.05, 4.69) is 5.16 Å². The molecule has 6 heteroatoms. The molecule has 0 spiro atoms. The summed E-state index contributed by atoms with van der Waals surface area (Å²) in [7, 11) is 1.65. The van der Waals surface area contributed by atoms with Crippen molar-refractivity contribution in [1.29, 1.82) is 0 Å². The SMILES string of the molecule is CN(Cc1ccccc1Cl)C(=O)C(C)(C)C(N)=NO. The molecule has 1 aromatic rings. The van der Waals surface area contributed by atoms with Crippen molar-refractivity contribution in [3.05, 3.63) is 34.9 Å². The first-order chi connectivity index (χ1) is 8.80. The van der Waals surface area contributed by atoms with Crippen molar-refractivity contribution in [1.82, 2.24) is 4.90 Å². The van der Waals surface area contributed by atoms with Gasteiger partial charge in [-0.25, -0.2) is 0 Å². The third kappa shape index (κ3) is 3.38. The molecule has 3 N–H and O–H groups in total. The van der Waals surface area contributed by atoms with E-state index < -0.39 is 5.41 Å². The smallest absolute Gasteiger partial charge is 0.235 e. The summed E-state index contributed by atoms with van der Waals surface area (Å²) in [5.74, 6) is -0.369. The van der Waals surface area contributed by atoms with Gasteiger partial charge in [0.2, 0.25) is 5.91 Å². The lowest BCUT2D eigenvalue weighted by atomic mass is 9.90. The van der Waals surface area contributed by atoms with Crippen LogP contribution in [0.15, 0.2) is 29.4 Å². The van der Waals surface area contributed by atoms with E-state index in [1.165, 1.54) is 4.90 Å². The van der Waals surface area contributed by atoms with Gasteiger partial charge in [0.25, 0.3) is 0 Å². The summed E-state index contributed by atoms with van der Waals surface area (Å²) in [5.41, 5.74) is 5.32. The van der Waals surface area contributed by atoms with Crippen LogP contribution < -0.4 is 5.73 Å². The standard InChI is InChI=1S/C13H18ClN3O2/c1-13(2,11(15)16-19)12(18)17(3)8-9-6-4-5-7-10(9)14/h4-7,19H,8H2,1-3H3,(H2,15,16). The summed E-state index contributed by atoms with van der Waals surface area (Å²) in [5, 5.41) is 12.2. The molecule has 0 saturated heterocycles. The second-order valence-corrected chi connectivity index (χ2v) is 5.27. The monoisotopic (exact) mass is 283 g/mol. The van der Waals surface area contributed by atoms with Crippen LogP contribution in [0.2, 0.25) is 5.02 Å². The lowest BCUT2D eigenvalue weighted by Crippen LogP contribution is -2.46. The summed E-state index contributed by atoms with van der Waals surface area (Å²) in [4.78, 5) is 13.8. The van der Waals surface area contributed by atoms with Gasteiger partial charge in [-0.15, -0.1) is 0 Å². The zero-order valence-electron chi connectivity index (χ0n) is 11.2. The van der Waals surface area contributed by atoms with Gasteiger partial charge in [0, 0.05) is 18.6 Å². The van der Waals surface area contributed by atoms with Crippen molar-refractivity contribution in [2.45, 2.75) is 20.4 Å². The van der Waals surface area contributed by atoms with E-state index >= 15 is 0 Å². The molecule has 0 fully saturated rings. The summed E-state index contributed by atoms with van der Waals surface area (Å²) >= 11 is 6.05. The number of hydrogen-bond donors (Lipinski definition) is 2. The summed E-state index contributed by atoms with van der Waals surface area (Å²) in [6.07, 6.45) is 0. The number of halogens is 1. The Kier molecular flexibility index (Phi) is 4.78. The number of hydrogen-bond acceptors (Lipinski definition) is 3. The van der Waals surface area contributed by atoms with Gasteiger partial charge in [-0.3, -0.25) is 4.79 Å². The van der Waals surface area contributed by atoms with Crippen molar-refractivity contribution in [2.75, 3.05) is 7.05 Å². The lowest BCUT2D eigenvalue weighted by Gasteiger charge is -2.28. The van der Waals surface area contributed by atoms with Gasteiger partial charge in [0.1, 0.15) is 5.41 Å². The number of rotatable bonds is 4. The predicted octanol–water partition coefficient (Wildman–Crippen LogP) is 2.07. The molecule has 0 bridgehead atoms. The van der Waals surface area contributed by atoms with Crippen LogP contribution in [0.5, 0.6) is 0 Å². The number of benzene rings is 1. The van der Waals surface area contributed by atoms with Gasteiger partial charge in [-0.1, -0.05) is 35.0 Å². The van der Waals surface area contributed by atoms with Gasteiger partial charge >= 0.3 is 0 Å². The zero-order valence-corrected chi connectivity index (χ0v) is 12.0. The van der Waals surface area contributed by atoms with Crippen LogP contribution in [0.3, 0.4) is 0 Å². The van der Waals surface area contributed by atoms with Crippen LogP contribution in [0.4, 0.5) is 0 Å². The Bertz CT molecular complexity index is 500. The normalized spacial score (nSPS) is 12.3. The van der Waals surface area contributed by atoms with Gasteiger partial charge in [0.15, 0.2) is 5.84 Å². The van der Waals surface area contributed by atoms with Crippen LogP contribution in [-0.2, 0) is 11.3 Å². The number of carbonyl (C=O) groups excluding carboxylic acids is 1. The fraction of sp³-hybridized carbons (Fsp3) is 0.385. The van der Waals surface area contributed by atoms with Crippen LogP contribution in [0, 0.1) is 5.41 Å². The molecule has 1 aromatic carbocycles. The molecule has 0 heterocycles. The largest absolute Gasteiger partial charge is 0.409 e. The highest BCUT2D eigenvalue weighted by Crippen LogP contribution is 2.22.